The van der Waals surface area contributed by atoms with Gasteiger partial charge in [0, 0.05) is 6.26 Å². The van der Waals surface area contributed by atoms with Crippen molar-refractivity contribution >= 4 is 9.84 Å². The van der Waals surface area contributed by atoms with E-state index in [-0.39, 0.29) is 5.75 Å². The highest BCUT2D eigenvalue weighted by Gasteiger charge is 1.98. The smallest absolute Gasteiger partial charge is 0.147 e. The van der Waals surface area contributed by atoms with Crippen molar-refractivity contribution < 1.29 is 8.42 Å². The molecule has 0 aliphatic carbocycles. The van der Waals surface area contributed by atoms with Crippen molar-refractivity contribution in [2.75, 3.05) is 12.0 Å². The molecule has 0 atom stereocenters. The van der Waals surface area contributed by atoms with Gasteiger partial charge in [-0.2, -0.15) is 0 Å². The van der Waals surface area contributed by atoms with Crippen LogP contribution in [0.5, 0.6) is 0 Å². The molecule has 0 unspecified atom stereocenters. The van der Waals surface area contributed by atoms with Crippen LogP contribution >= 0.6 is 0 Å². The molecule has 0 amide bonds. The molecule has 0 fully saturated rings. The Balaban J connectivity index is 3.39. The van der Waals surface area contributed by atoms with Gasteiger partial charge in [-0.1, -0.05) is 12.2 Å². The molecule has 3 heteroatoms. The summed E-state index contributed by atoms with van der Waals surface area (Å²) in [6, 6.07) is 0. The minimum absolute atomic E-state index is 0.192. The van der Waals surface area contributed by atoms with Crippen molar-refractivity contribution in [1.29, 1.82) is 0 Å². The molecule has 3 radical (unpaired) electrons. The molecule has 0 rings (SSSR count). The predicted molar refractivity (Wildman–Crippen MR) is 42.1 cm³/mol. The van der Waals surface area contributed by atoms with Gasteiger partial charge in [-0.05, 0) is 19.8 Å². The van der Waals surface area contributed by atoms with E-state index in [0.717, 1.165) is 0 Å². The molecule has 10 heavy (non-hydrogen) atoms. The monoisotopic (exact) mass is 159 g/mol. The summed E-state index contributed by atoms with van der Waals surface area (Å²) in [6.45, 7) is 5.02. The summed E-state index contributed by atoms with van der Waals surface area (Å²) >= 11 is 0. The van der Waals surface area contributed by atoms with Gasteiger partial charge in [0.05, 0.1) is 5.75 Å². The highest BCUT2D eigenvalue weighted by atomic mass is 32.2. The van der Waals surface area contributed by atoms with E-state index in [1.54, 1.807) is 12.5 Å². The van der Waals surface area contributed by atoms with Crippen LogP contribution in [0, 0.1) is 13.3 Å². The lowest BCUT2D eigenvalue weighted by Gasteiger charge is -1.92. The van der Waals surface area contributed by atoms with Crippen molar-refractivity contribution in [1.82, 2.24) is 0 Å². The maximum Gasteiger partial charge on any atom is 0.147 e. The van der Waals surface area contributed by atoms with Crippen LogP contribution in [-0.4, -0.2) is 20.4 Å². The minimum atomic E-state index is -2.81. The molecule has 0 aromatic carbocycles. The first kappa shape index (κ1) is 9.69. The minimum Gasteiger partial charge on any atom is -0.229 e. The van der Waals surface area contributed by atoms with Crippen molar-refractivity contribution in [2.45, 2.75) is 6.42 Å². The second kappa shape index (κ2) is 4.50. The molecule has 0 saturated carbocycles. The Hall–Kier alpha value is -0.310. The molecule has 57 valence electrons. The first-order chi connectivity index (χ1) is 4.56. The highest BCUT2D eigenvalue weighted by Crippen LogP contribution is 1.93. The maximum absolute atomic E-state index is 10.5. The zero-order valence-corrected chi connectivity index (χ0v) is 6.76. The predicted octanol–water partition coefficient (Wildman–Crippen LogP) is 0.893. The van der Waals surface area contributed by atoms with Gasteiger partial charge in [-0.25, -0.2) is 8.42 Å². The molecule has 2 nitrogen and oxygen atoms in total. The van der Waals surface area contributed by atoms with E-state index in [9.17, 15) is 8.42 Å². The SMILES string of the molecule is [CH]C=C[CH]CCS(C)(=O)=O. The summed E-state index contributed by atoms with van der Waals surface area (Å²) in [5.74, 6) is 0.192. The summed E-state index contributed by atoms with van der Waals surface area (Å²) in [5.41, 5.74) is 0. The molecular formula is C7H11O2S. The number of hydrogen-bond acceptors (Lipinski definition) is 2. The fourth-order valence-electron chi connectivity index (χ4n) is 0.457. The first-order valence-corrected chi connectivity index (χ1v) is 5.00. The van der Waals surface area contributed by atoms with Crippen LogP contribution in [-0.2, 0) is 9.84 Å². The fraction of sp³-hybridized carbons (Fsp3) is 0.429. The van der Waals surface area contributed by atoms with Gasteiger partial charge in [0.25, 0.3) is 0 Å². The maximum atomic E-state index is 10.5. The largest absolute Gasteiger partial charge is 0.229 e. The number of sulfone groups is 1. The Kier molecular flexibility index (Phi) is 4.36. The number of hydrogen-bond donors (Lipinski definition) is 0. The van der Waals surface area contributed by atoms with E-state index in [2.05, 4.69) is 0 Å². The summed E-state index contributed by atoms with van der Waals surface area (Å²) in [7, 11) is -2.81. The second-order valence-corrected chi connectivity index (χ2v) is 4.30. The summed E-state index contributed by atoms with van der Waals surface area (Å²) in [5, 5.41) is 0. The van der Waals surface area contributed by atoms with Crippen LogP contribution in [0.15, 0.2) is 12.2 Å². The van der Waals surface area contributed by atoms with E-state index >= 15 is 0 Å². The molecular weight excluding hydrogens is 148 g/mol. The molecule has 0 aromatic rings. The van der Waals surface area contributed by atoms with Crippen molar-refractivity contribution in [3.63, 3.8) is 0 Å². The standard InChI is InChI=1S/C7H11O2S/c1-3-4-5-6-7-10(2,8)9/h1,3-5H,6-7H2,2H3. The van der Waals surface area contributed by atoms with Crippen LogP contribution in [0.2, 0.25) is 0 Å². The molecule has 0 aromatic heterocycles. The third kappa shape index (κ3) is 7.69. The molecule has 0 aliphatic rings. The van der Waals surface area contributed by atoms with E-state index in [0.29, 0.717) is 6.42 Å². The number of rotatable bonds is 4. The lowest BCUT2D eigenvalue weighted by Crippen LogP contribution is -2.01. The summed E-state index contributed by atoms with van der Waals surface area (Å²) in [4.78, 5) is 0. The molecule has 0 aliphatic heterocycles. The lowest BCUT2D eigenvalue weighted by molar-refractivity contribution is 0.601. The average molecular weight is 159 g/mol. The van der Waals surface area contributed by atoms with E-state index in [1.165, 1.54) is 12.3 Å². The van der Waals surface area contributed by atoms with E-state index in [4.69, 9.17) is 6.92 Å². The summed E-state index contributed by atoms with van der Waals surface area (Å²) in [6.07, 6.45) is 6.48. The molecule has 0 bridgehead atoms. The van der Waals surface area contributed by atoms with E-state index in [1.807, 2.05) is 0 Å². The van der Waals surface area contributed by atoms with Crippen molar-refractivity contribution in [2.24, 2.45) is 0 Å². The topological polar surface area (TPSA) is 34.1 Å². The van der Waals surface area contributed by atoms with E-state index < -0.39 is 9.84 Å². The zero-order valence-electron chi connectivity index (χ0n) is 5.95. The zero-order chi connectivity index (χ0) is 8.04. The lowest BCUT2D eigenvalue weighted by atomic mass is 10.3. The Morgan fingerprint density at radius 3 is 2.50 bits per heavy atom. The Bertz CT molecular complexity index is 190. The van der Waals surface area contributed by atoms with Gasteiger partial charge in [0.15, 0.2) is 0 Å². The number of allylic oxidation sites excluding steroid dienone is 2. The van der Waals surface area contributed by atoms with Crippen LogP contribution in [0.4, 0.5) is 0 Å². The number of unbranched alkanes of at least 4 members (excludes halogenated alkanes) is 1. The third-order valence-corrected chi connectivity index (χ3v) is 1.88. The van der Waals surface area contributed by atoms with Gasteiger partial charge >= 0.3 is 0 Å². The highest BCUT2D eigenvalue weighted by molar-refractivity contribution is 7.90. The second-order valence-electron chi connectivity index (χ2n) is 2.04. The van der Waals surface area contributed by atoms with Gasteiger partial charge in [-0.3, -0.25) is 0 Å². The normalized spacial score (nSPS) is 12.6. The van der Waals surface area contributed by atoms with Crippen LogP contribution < -0.4 is 0 Å². The van der Waals surface area contributed by atoms with Gasteiger partial charge in [-0.15, -0.1) is 0 Å². The molecule has 0 saturated heterocycles. The molecule has 0 N–H and O–H groups in total. The van der Waals surface area contributed by atoms with Crippen LogP contribution in [0.25, 0.3) is 0 Å². The van der Waals surface area contributed by atoms with Gasteiger partial charge in [0.1, 0.15) is 9.84 Å². The Morgan fingerprint density at radius 2 is 2.10 bits per heavy atom. The fourth-order valence-corrected chi connectivity index (χ4v) is 1.02. The van der Waals surface area contributed by atoms with Crippen LogP contribution in [0.3, 0.4) is 0 Å². The summed E-state index contributed by atoms with van der Waals surface area (Å²) < 4.78 is 21.0. The van der Waals surface area contributed by atoms with Crippen LogP contribution in [0.1, 0.15) is 6.42 Å². The quantitative estimate of drug-likeness (QED) is 0.571. The average Bonchev–Trinajstić information content (AvgIpc) is 1.78. The Morgan fingerprint density at radius 1 is 1.50 bits per heavy atom. The van der Waals surface area contributed by atoms with Gasteiger partial charge in [0.2, 0.25) is 0 Å². The molecule has 0 spiro atoms. The first-order valence-electron chi connectivity index (χ1n) is 2.94. The van der Waals surface area contributed by atoms with Gasteiger partial charge < -0.3 is 0 Å². The molecule has 0 heterocycles. The van der Waals surface area contributed by atoms with Crippen molar-refractivity contribution in [3.05, 3.63) is 25.5 Å². The Labute approximate surface area is 62.9 Å². The third-order valence-electron chi connectivity index (χ3n) is 0.903. The van der Waals surface area contributed by atoms with Crippen molar-refractivity contribution in [3.8, 4) is 0 Å².